The molecule has 0 spiro atoms. The maximum atomic E-state index is 12.8. The van der Waals surface area contributed by atoms with E-state index in [2.05, 4.69) is 5.92 Å². The molecule has 1 aromatic heterocycles. The molecule has 1 aromatic carbocycles. The molecule has 2 aliphatic rings. The number of hydrogen-bond donors (Lipinski definition) is 0. The standard InChI is InChI=1S/C22H22N2O2S/c1-2-12-23-15-17(18-10-6-7-11-19(18)23)13-20-21(25)24(22(26)27-20)14-16-8-4-3-5-9-16/h1,6-7,10-11,13,15-16H,3-5,8-9,12,14H2/b20-13+. The molecule has 5 heteroatoms. The Kier molecular flexibility index (Phi) is 5.09. The van der Waals surface area contributed by atoms with E-state index >= 15 is 0 Å². The lowest BCUT2D eigenvalue weighted by atomic mass is 9.89. The molecular weight excluding hydrogens is 356 g/mol. The smallest absolute Gasteiger partial charge is 0.293 e. The van der Waals surface area contributed by atoms with E-state index in [0.29, 0.717) is 23.9 Å². The quantitative estimate of drug-likeness (QED) is 0.562. The number of amides is 2. The van der Waals surface area contributed by atoms with Crippen molar-refractivity contribution in [3.05, 3.63) is 40.9 Å². The zero-order valence-electron chi connectivity index (χ0n) is 15.2. The van der Waals surface area contributed by atoms with E-state index in [1.165, 1.54) is 24.2 Å². The molecule has 4 nitrogen and oxygen atoms in total. The highest BCUT2D eigenvalue weighted by molar-refractivity contribution is 8.18. The van der Waals surface area contributed by atoms with E-state index in [0.717, 1.165) is 41.1 Å². The first kappa shape index (κ1) is 17.9. The number of thioether (sulfide) groups is 1. The minimum absolute atomic E-state index is 0.149. The lowest BCUT2D eigenvalue weighted by Crippen LogP contribution is -2.34. The predicted molar refractivity (Wildman–Crippen MR) is 110 cm³/mol. The van der Waals surface area contributed by atoms with Crippen LogP contribution in [0.15, 0.2) is 35.4 Å². The summed E-state index contributed by atoms with van der Waals surface area (Å²) in [5.74, 6) is 2.94. The molecule has 4 rings (SSSR count). The Morgan fingerprint density at radius 3 is 2.74 bits per heavy atom. The number of benzene rings is 1. The number of aromatic nitrogens is 1. The van der Waals surface area contributed by atoms with E-state index in [4.69, 9.17) is 6.42 Å². The van der Waals surface area contributed by atoms with Crippen LogP contribution >= 0.6 is 11.8 Å². The molecule has 0 unspecified atom stereocenters. The molecule has 2 amide bonds. The zero-order valence-corrected chi connectivity index (χ0v) is 16.0. The Labute approximate surface area is 163 Å². The van der Waals surface area contributed by atoms with Gasteiger partial charge >= 0.3 is 0 Å². The summed E-state index contributed by atoms with van der Waals surface area (Å²) in [5.41, 5.74) is 1.95. The minimum atomic E-state index is -0.163. The first-order valence-corrected chi connectivity index (χ1v) is 10.3. The fourth-order valence-electron chi connectivity index (χ4n) is 4.05. The summed E-state index contributed by atoms with van der Waals surface area (Å²) in [5, 5.41) is 0.885. The van der Waals surface area contributed by atoms with Gasteiger partial charge < -0.3 is 4.57 Å². The molecule has 2 aromatic rings. The van der Waals surface area contributed by atoms with Gasteiger partial charge in [0, 0.05) is 29.2 Å². The largest absolute Gasteiger partial charge is 0.335 e. The van der Waals surface area contributed by atoms with Crippen LogP contribution in [0.5, 0.6) is 0 Å². The van der Waals surface area contributed by atoms with Crippen molar-refractivity contribution in [1.82, 2.24) is 9.47 Å². The molecule has 27 heavy (non-hydrogen) atoms. The molecule has 1 saturated heterocycles. The van der Waals surface area contributed by atoms with Crippen LogP contribution in [0.4, 0.5) is 4.79 Å². The zero-order chi connectivity index (χ0) is 18.8. The number of imide groups is 1. The molecule has 138 valence electrons. The Morgan fingerprint density at radius 1 is 1.19 bits per heavy atom. The summed E-state index contributed by atoms with van der Waals surface area (Å²) in [6.45, 7) is 1.03. The third-order valence-electron chi connectivity index (χ3n) is 5.41. The van der Waals surface area contributed by atoms with Gasteiger partial charge in [-0.1, -0.05) is 43.4 Å². The predicted octanol–water partition coefficient (Wildman–Crippen LogP) is 4.89. The molecule has 2 fully saturated rings. The molecule has 0 N–H and O–H groups in total. The van der Waals surface area contributed by atoms with Crippen molar-refractivity contribution in [2.45, 2.75) is 38.6 Å². The summed E-state index contributed by atoms with van der Waals surface area (Å²) < 4.78 is 1.99. The monoisotopic (exact) mass is 378 g/mol. The van der Waals surface area contributed by atoms with Gasteiger partial charge in [-0.05, 0) is 42.7 Å². The van der Waals surface area contributed by atoms with Crippen LogP contribution in [0.1, 0.15) is 37.7 Å². The van der Waals surface area contributed by atoms with Gasteiger partial charge in [-0.25, -0.2) is 0 Å². The van der Waals surface area contributed by atoms with Gasteiger partial charge in [-0.2, -0.15) is 0 Å². The maximum absolute atomic E-state index is 12.8. The number of rotatable bonds is 4. The third-order valence-corrected chi connectivity index (χ3v) is 6.31. The summed E-state index contributed by atoms with van der Waals surface area (Å²) in [6, 6.07) is 7.96. The van der Waals surface area contributed by atoms with Crippen LogP contribution in [0.25, 0.3) is 17.0 Å². The lowest BCUT2D eigenvalue weighted by Gasteiger charge is -2.25. The summed E-state index contributed by atoms with van der Waals surface area (Å²) in [6.07, 6.45) is 15.2. The highest BCUT2D eigenvalue weighted by Gasteiger charge is 2.36. The van der Waals surface area contributed by atoms with E-state index in [9.17, 15) is 9.59 Å². The van der Waals surface area contributed by atoms with Crippen molar-refractivity contribution in [1.29, 1.82) is 0 Å². The first-order chi connectivity index (χ1) is 13.2. The maximum Gasteiger partial charge on any atom is 0.293 e. The fourth-order valence-corrected chi connectivity index (χ4v) is 4.89. The van der Waals surface area contributed by atoms with Crippen LogP contribution in [0.2, 0.25) is 0 Å². The highest BCUT2D eigenvalue weighted by Crippen LogP contribution is 2.36. The van der Waals surface area contributed by atoms with Gasteiger partial charge in [0.2, 0.25) is 0 Å². The van der Waals surface area contributed by atoms with Gasteiger partial charge in [0.05, 0.1) is 11.4 Å². The second kappa shape index (κ2) is 7.66. The minimum Gasteiger partial charge on any atom is -0.335 e. The molecule has 2 heterocycles. The van der Waals surface area contributed by atoms with Gasteiger partial charge in [0.1, 0.15) is 0 Å². The summed E-state index contributed by atoms with van der Waals surface area (Å²) in [7, 11) is 0. The Hall–Kier alpha value is -2.45. The average molecular weight is 378 g/mol. The van der Waals surface area contributed by atoms with E-state index in [1.807, 2.05) is 41.1 Å². The van der Waals surface area contributed by atoms with E-state index < -0.39 is 0 Å². The van der Waals surface area contributed by atoms with Crippen molar-refractivity contribution in [3.63, 3.8) is 0 Å². The van der Waals surface area contributed by atoms with Crippen LogP contribution in [0, 0.1) is 18.3 Å². The first-order valence-electron chi connectivity index (χ1n) is 9.44. The van der Waals surface area contributed by atoms with Crippen LogP contribution in [-0.4, -0.2) is 27.2 Å². The molecule has 0 bridgehead atoms. The third kappa shape index (κ3) is 3.54. The van der Waals surface area contributed by atoms with E-state index in [-0.39, 0.29) is 11.1 Å². The van der Waals surface area contributed by atoms with Crippen molar-refractivity contribution in [3.8, 4) is 12.3 Å². The number of carbonyl (C=O) groups is 2. The molecule has 1 aliphatic heterocycles. The molecular formula is C22H22N2O2S. The Bertz CT molecular complexity index is 960. The van der Waals surface area contributed by atoms with Crippen molar-refractivity contribution < 1.29 is 9.59 Å². The van der Waals surface area contributed by atoms with Crippen molar-refractivity contribution in [2.24, 2.45) is 5.92 Å². The number of hydrogen-bond acceptors (Lipinski definition) is 3. The number of carbonyl (C=O) groups excluding carboxylic acids is 2. The Morgan fingerprint density at radius 2 is 1.96 bits per heavy atom. The summed E-state index contributed by atoms with van der Waals surface area (Å²) >= 11 is 1.05. The molecule has 1 saturated carbocycles. The number of nitrogens with zero attached hydrogens (tertiary/aromatic N) is 2. The van der Waals surface area contributed by atoms with Crippen LogP contribution in [0.3, 0.4) is 0 Å². The SMILES string of the molecule is C#CCn1cc(/C=C2/SC(=O)N(CC3CCCCC3)C2=O)c2ccccc21. The topological polar surface area (TPSA) is 42.3 Å². The van der Waals surface area contributed by atoms with Gasteiger partial charge in [-0.15, -0.1) is 6.42 Å². The Balaban J connectivity index is 1.61. The van der Waals surface area contributed by atoms with Crippen LogP contribution in [-0.2, 0) is 11.3 Å². The van der Waals surface area contributed by atoms with Crippen molar-refractivity contribution in [2.75, 3.05) is 6.54 Å². The summed E-state index contributed by atoms with van der Waals surface area (Å²) in [4.78, 5) is 27.2. The number of terminal acetylenes is 1. The number of para-hydroxylation sites is 1. The molecule has 1 aliphatic carbocycles. The molecule has 0 atom stereocenters. The second-order valence-corrected chi connectivity index (χ2v) is 8.22. The number of fused-ring (bicyclic) bond motifs is 1. The normalized spacial score (nSPS) is 20.0. The second-order valence-electron chi connectivity index (χ2n) is 7.23. The average Bonchev–Trinajstić information content (AvgIpc) is 3.16. The molecule has 0 radical (unpaired) electrons. The fraction of sp³-hybridized carbons (Fsp3) is 0.364. The van der Waals surface area contributed by atoms with Gasteiger partial charge in [0.25, 0.3) is 11.1 Å². The van der Waals surface area contributed by atoms with Crippen molar-refractivity contribution >= 4 is 39.9 Å². The van der Waals surface area contributed by atoms with Crippen LogP contribution < -0.4 is 0 Å². The van der Waals surface area contributed by atoms with E-state index in [1.54, 1.807) is 0 Å². The van der Waals surface area contributed by atoms with Gasteiger partial charge in [-0.3, -0.25) is 14.5 Å². The lowest BCUT2D eigenvalue weighted by molar-refractivity contribution is -0.123. The highest BCUT2D eigenvalue weighted by atomic mass is 32.2. The van der Waals surface area contributed by atoms with Gasteiger partial charge in [0.15, 0.2) is 0 Å².